The second-order valence-electron chi connectivity index (χ2n) is 5.44. The fraction of sp³-hybridized carbons (Fsp3) is 0.294. The van der Waals surface area contributed by atoms with Crippen molar-refractivity contribution in [3.8, 4) is 0 Å². The molecule has 0 spiro atoms. The van der Waals surface area contributed by atoms with Crippen LogP contribution in [-0.2, 0) is 17.5 Å². The van der Waals surface area contributed by atoms with Gasteiger partial charge in [-0.3, -0.25) is 9.78 Å². The molecule has 2 rings (SSSR count). The van der Waals surface area contributed by atoms with E-state index in [1.807, 2.05) is 12.1 Å². The number of carbonyl (C=O) groups is 1. The normalized spacial score (nSPS) is 12.7. The lowest BCUT2D eigenvalue weighted by Gasteiger charge is -2.16. The molecule has 2 N–H and O–H groups in total. The first kappa shape index (κ1) is 17.9. The van der Waals surface area contributed by atoms with Crippen LogP contribution in [0.1, 0.15) is 24.5 Å². The molecule has 1 amide bonds. The number of hydrogen-bond acceptors (Lipinski definition) is 3. The van der Waals surface area contributed by atoms with Crippen LogP contribution in [0.2, 0.25) is 0 Å². The summed E-state index contributed by atoms with van der Waals surface area (Å²) < 4.78 is 38.7. The van der Waals surface area contributed by atoms with Gasteiger partial charge in [0, 0.05) is 31.4 Å². The Morgan fingerprint density at radius 2 is 1.96 bits per heavy atom. The predicted molar refractivity (Wildman–Crippen MR) is 85.2 cm³/mol. The van der Waals surface area contributed by atoms with Gasteiger partial charge in [0.2, 0.25) is 5.91 Å². The average Bonchev–Trinajstić information content (AvgIpc) is 2.53. The molecule has 7 heteroatoms. The molecule has 0 aliphatic carbocycles. The van der Waals surface area contributed by atoms with Gasteiger partial charge < -0.3 is 10.6 Å². The van der Waals surface area contributed by atoms with Crippen molar-refractivity contribution >= 4 is 11.6 Å². The maximum absolute atomic E-state index is 12.9. The van der Waals surface area contributed by atoms with Crippen LogP contribution in [-0.4, -0.2) is 16.9 Å². The minimum Gasteiger partial charge on any atom is -0.325 e. The van der Waals surface area contributed by atoms with E-state index in [0.29, 0.717) is 6.54 Å². The summed E-state index contributed by atoms with van der Waals surface area (Å²) in [6, 6.07) is 8.44. The predicted octanol–water partition coefficient (Wildman–Crippen LogP) is 3.61. The Morgan fingerprint density at radius 3 is 2.62 bits per heavy atom. The Hall–Kier alpha value is -2.41. The van der Waals surface area contributed by atoms with Gasteiger partial charge in [-0.2, -0.15) is 13.2 Å². The molecule has 1 aromatic heterocycles. The maximum Gasteiger partial charge on any atom is 0.418 e. The molecular formula is C17H18F3N3O. The van der Waals surface area contributed by atoms with E-state index in [0.717, 1.165) is 11.6 Å². The molecule has 1 atom stereocenters. The molecule has 0 saturated heterocycles. The number of pyridine rings is 1. The molecule has 1 aromatic carbocycles. The van der Waals surface area contributed by atoms with Gasteiger partial charge in [0.05, 0.1) is 11.3 Å². The summed E-state index contributed by atoms with van der Waals surface area (Å²) in [6.45, 7) is 2.33. The third-order valence-corrected chi connectivity index (χ3v) is 3.38. The number of benzene rings is 1. The minimum absolute atomic E-state index is 0.0620. The van der Waals surface area contributed by atoms with Crippen LogP contribution in [0.4, 0.5) is 18.9 Å². The second kappa shape index (κ2) is 7.92. The highest BCUT2D eigenvalue weighted by molar-refractivity contribution is 5.92. The van der Waals surface area contributed by atoms with Crippen LogP contribution in [0, 0.1) is 0 Å². The van der Waals surface area contributed by atoms with E-state index >= 15 is 0 Å². The van der Waals surface area contributed by atoms with Crippen molar-refractivity contribution < 1.29 is 18.0 Å². The summed E-state index contributed by atoms with van der Waals surface area (Å²) in [5.74, 6) is -0.474. The number of para-hydroxylation sites is 1. The van der Waals surface area contributed by atoms with Gasteiger partial charge in [-0.15, -0.1) is 0 Å². The summed E-state index contributed by atoms with van der Waals surface area (Å²) in [6.07, 6.45) is -1.07. The first-order chi connectivity index (χ1) is 11.4. The van der Waals surface area contributed by atoms with Crippen molar-refractivity contribution in [3.63, 3.8) is 0 Å². The number of nitrogens with zero attached hydrogens (tertiary/aromatic N) is 1. The molecule has 128 valence electrons. The fourth-order valence-electron chi connectivity index (χ4n) is 2.19. The zero-order valence-corrected chi connectivity index (χ0v) is 13.1. The number of alkyl halides is 3. The molecule has 1 heterocycles. The molecule has 4 nitrogen and oxygen atoms in total. The highest BCUT2D eigenvalue weighted by atomic mass is 19.4. The van der Waals surface area contributed by atoms with E-state index in [9.17, 15) is 18.0 Å². The Bertz CT molecular complexity index is 674. The van der Waals surface area contributed by atoms with E-state index in [-0.39, 0.29) is 18.2 Å². The lowest BCUT2D eigenvalue weighted by atomic mass is 10.1. The van der Waals surface area contributed by atoms with Crippen molar-refractivity contribution in [2.45, 2.75) is 32.1 Å². The molecular weight excluding hydrogens is 319 g/mol. The Kier molecular flexibility index (Phi) is 5.92. The SMILES string of the molecule is CC(CC(=O)Nc1ccccc1C(F)(F)F)NCc1cccnc1. The Balaban J connectivity index is 1.89. The molecule has 0 radical (unpaired) electrons. The summed E-state index contributed by atoms with van der Waals surface area (Å²) in [7, 11) is 0. The molecule has 0 aliphatic heterocycles. The maximum atomic E-state index is 12.9. The third-order valence-electron chi connectivity index (χ3n) is 3.38. The van der Waals surface area contributed by atoms with Crippen LogP contribution >= 0.6 is 0 Å². The quantitative estimate of drug-likeness (QED) is 0.847. The Labute approximate surface area is 138 Å². The van der Waals surface area contributed by atoms with Crippen molar-refractivity contribution in [2.75, 3.05) is 5.32 Å². The van der Waals surface area contributed by atoms with Gasteiger partial charge >= 0.3 is 6.18 Å². The number of carbonyl (C=O) groups excluding carboxylic acids is 1. The number of aromatic nitrogens is 1. The van der Waals surface area contributed by atoms with Crippen molar-refractivity contribution in [2.24, 2.45) is 0 Å². The van der Waals surface area contributed by atoms with E-state index in [4.69, 9.17) is 0 Å². The minimum atomic E-state index is -4.51. The summed E-state index contributed by atoms with van der Waals surface area (Å²) in [5, 5.41) is 5.47. The van der Waals surface area contributed by atoms with Gasteiger partial charge in [0.25, 0.3) is 0 Å². The number of amides is 1. The number of hydrogen-bond donors (Lipinski definition) is 2. The smallest absolute Gasteiger partial charge is 0.325 e. The summed E-state index contributed by atoms with van der Waals surface area (Å²) in [5.41, 5.74) is -0.115. The van der Waals surface area contributed by atoms with Crippen molar-refractivity contribution in [1.29, 1.82) is 0 Å². The van der Waals surface area contributed by atoms with Gasteiger partial charge in [-0.1, -0.05) is 18.2 Å². The number of anilines is 1. The zero-order chi connectivity index (χ0) is 17.6. The summed E-state index contributed by atoms with van der Waals surface area (Å²) in [4.78, 5) is 16.0. The van der Waals surface area contributed by atoms with Crippen LogP contribution in [0.25, 0.3) is 0 Å². The van der Waals surface area contributed by atoms with E-state index in [1.54, 1.807) is 19.3 Å². The fourth-order valence-corrected chi connectivity index (χ4v) is 2.19. The van der Waals surface area contributed by atoms with Crippen molar-refractivity contribution in [1.82, 2.24) is 10.3 Å². The van der Waals surface area contributed by atoms with Gasteiger partial charge in [-0.05, 0) is 30.7 Å². The van der Waals surface area contributed by atoms with Gasteiger partial charge in [0.1, 0.15) is 0 Å². The van der Waals surface area contributed by atoms with Crippen LogP contribution in [0.3, 0.4) is 0 Å². The van der Waals surface area contributed by atoms with Gasteiger partial charge in [0.15, 0.2) is 0 Å². The monoisotopic (exact) mass is 337 g/mol. The largest absolute Gasteiger partial charge is 0.418 e. The standard InChI is InChI=1S/C17H18F3N3O/c1-12(22-11-13-5-4-8-21-10-13)9-16(24)23-15-7-3-2-6-14(15)17(18,19)20/h2-8,10,12,22H,9,11H2,1H3,(H,23,24). The van der Waals surface area contributed by atoms with Crippen molar-refractivity contribution in [3.05, 3.63) is 59.9 Å². The number of nitrogens with one attached hydrogen (secondary N) is 2. The van der Waals surface area contributed by atoms with E-state index in [1.165, 1.54) is 18.2 Å². The van der Waals surface area contributed by atoms with Crippen LogP contribution in [0.15, 0.2) is 48.8 Å². The second-order valence-corrected chi connectivity index (χ2v) is 5.44. The Morgan fingerprint density at radius 1 is 1.21 bits per heavy atom. The molecule has 1 unspecified atom stereocenters. The first-order valence-corrected chi connectivity index (χ1v) is 7.44. The summed E-state index contributed by atoms with van der Waals surface area (Å²) >= 11 is 0. The lowest BCUT2D eigenvalue weighted by molar-refractivity contribution is -0.137. The lowest BCUT2D eigenvalue weighted by Crippen LogP contribution is -2.30. The highest BCUT2D eigenvalue weighted by Gasteiger charge is 2.33. The van der Waals surface area contributed by atoms with Gasteiger partial charge in [-0.25, -0.2) is 0 Å². The van der Waals surface area contributed by atoms with E-state index in [2.05, 4.69) is 15.6 Å². The molecule has 0 fully saturated rings. The first-order valence-electron chi connectivity index (χ1n) is 7.44. The molecule has 0 bridgehead atoms. The molecule has 0 aliphatic rings. The molecule has 2 aromatic rings. The highest BCUT2D eigenvalue weighted by Crippen LogP contribution is 2.34. The number of halogens is 3. The van der Waals surface area contributed by atoms with Crippen LogP contribution < -0.4 is 10.6 Å². The number of rotatable bonds is 6. The average molecular weight is 337 g/mol. The molecule has 24 heavy (non-hydrogen) atoms. The van der Waals surface area contributed by atoms with E-state index < -0.39 is 17.6 Å². The zero-order valence-electron chi connectivity index (χ0n) is 13.1. The molecule has 0 saturated carbocycles. The van der Waals surface area contributed by atoms with Crippen LogP contribution in [0.5, 0.6) is 0 Å². The third kappa shape index (κ3) is 5.34. The topological polar surface area (TPSA) is 54.0 Å².